The normalized spacial score (nSPS) is 10.8. The van der Waals surface area contributed by atoms with Gasteiger partial charge >= 0.3 is 0 Å². The lowest BCUT2D eigenvalue weighted by atomic mass is 10.0. The smallest absolute Gasteiger partial charge is 0.0540 e. The van der Waals surface area contributed by atoms with Gasteiger partial charge < -0.3 is 4.90 Å². The van der Waals surface area contributed by atoms with Crippen LogP contribution in [0.1, 0.15) is 24.5 Å². The van der Waals surface area contributed by atoms with Crippen LogP contribution < -0.4 is 4.90 Å². The van der Waals surface area contributed by atoms with Crippen molar-refractivity contribution >= 4 is 33.9 Å². The predicted molar refractivity (Wildman–Crippen MR) is 123 cm³/mol. The minimum atomic E-state index is 1.11. The lowest BCUT2D eigenvalue weighted by Crippen LogP contribution is -2.10. The summed E-state index contributed by atoms with van der Waals surface area (Å²) < 4.78 is 0. The summed E-state index contributed by atoms with van der Waals surface area (Å²) in [6.45, 7) is 6.16. The molecule has 0 N–H and O–H groups in total. The van der Waals surface area contributed by atoms with Gasteiger partial charge in [0.1, 0.15) is 0 Å². The third-order valence-electron chi connectivity index (χ3n) is 5.10. The van der Waals surface area contributed by atoms with Gasteiger partial charge in [0.2, 0.25) is 0 Å². The molecule has 0 unspecified atom stereocenters. The van der Waals surface area contributed by atoms with E-state index in [4.69, 9.17) is 0 Å². The SMILES string of the molecule is C=Cc1cccc(N(c2ccc(CCC)cc2)c2cccc3ccccc23)c1. The van der Waals surface area contributed by atoms with Crippen LogP contribution in [0.2, 0.25) is 0 Å². The molecule has 1 heteroatoms. The average molecular weight is 364 g/mol. The van der Waals surface area contributed by atoms with Gasteiger partial charge in [0.15, 0.2) is 0 Å². The van der Waals surface area contributed by atoms with Crippen LogP contribution in [0.5, 0.6) is 0 Å². The Labute approximate surface area is 167 Å². The molecule has 0 atom stereocenters. The van der Waals surface area contributed by atoms with Crippen LogP contribution in [0.3, 0.4) is 0 Å². The molecule has 0 saturated heterocycles. The van der Waals surface area contributed by atoms with Crippen molar-refractivity contribution in [3.63, 3.8) is 0 Å². The summed E-state index contributed by atoms with van der Waals surface area (Å²) in [5.74, 6) is 0. The molecule has 0 radical (unpaired) electrons. The van der Waals surface area contributed by atoms with Gasteiger partial charge in [0, 0.05) is 16.8 Å². The first kappa shape index (κ1) is 18.1. The third-order valence-corrected chi connectivity index (χ3v) is 5.10. The van der Waals surface area contributed by atoms with Gasteiger partial charge in [-0.15, -0.1) is 0 Å². The summed E-state index contributed by atoms with van der Waals surface area (Å²) in [5.41, 5.74) is 5.98. The van der Waals surface area contributed by atoms with Crippen molar-refractivity contribution < 1.29 is 0 Å². The topological polar surface area (TPSA) is 3.24 Å². The zero-order valence-electron chi connectivity index (χ0n) is 16.3. The van der Waals surface area contributed by atoms with Crippen LogP contribution in [0.25, 0.3) is 16.8 Å². The molecule has 1 nitrogen and oxygen atoms in total. The summed E-state index contributed by atoms with van der Waals surface area (Å²) in [5, 5.41) is 2.49. The van der Waals surface area contributed by atoms with Crippen molar-refractivity contribution in [3.05, 3.63) is 109 Å². The number of fused-ring (bicyclic) bond motifs is 1. The Morgan fingerprint density at radius 2 is 1.54 bits per heavy atom. The first-order valence-corrected chi connectivity index (χ1v) is 9.89. The van der Waals surface area contributed by atoms with E-state index >= 15 is 0 Å². The van der Waals surface area contributed by atoms with E-state index in [0.717, 1.165) is 29.8 Å². The highest BCUT2D eigenvalue weighted by Crippen LogP contribution is 2.39. The van der Waals surface area contributed by atoms with Crippen molar-refractivity contribution in [2.24, 2.45) is 0 Å². The minimum absolute atomic E-state index is 1.11. The number of nitrogens with zero attached hydrogens (tertiary/aromatic N) is 1. The molecule has 0 aliphatic heterocycles. The van der Waals surface area contributed by atoms with Crippen LogP contribution in [-0.4, -0.2) is 0 Å². The number of aryl methyl sites for hydroxylation is 1. The van der Waals surface area contributed by atoms with E-state index < -0.39 is 0 Å². The second-order valence-corrected chi connectivity index (χ2v) is 7.05. The molecule has 28 heavy (non-hydrogen) atoms. The van der Waals surface area contributed by atoms with Crippen molar-refractivity contribution in [2.45, 2.75) is 19.8 Å². The van der Waals surface area contributed by atoms with E-state index in [9.17, 15) is 0 Å². The molecule has 0 fully saturated rings. The first-order valence-electron chi connectivity index (χ1n) is 9.89. The highest BCUT2D eigenvalue weighted by Gasteiger charge is 2.15. The van der Waals surface area contributed by atoms with Crippen LogP contribution >= 0.6 is 0 Å². The Balaban J connectivity index is 1.91. The standard InChI is InChI=1S/C27H25N/c1-3-9-22-16-18-24(19-17-22)28(25-13-7-10-21(4-2)20-25)27-15-8-12-23-11-5-6-14-26(23)27/h4-8,10-20H,2-3,9H2,1H3. The molecule has 0 amide bonds. The quantitative estimate of drug-likeness (QED) is 0.336. The molecule has 4 aromatic rings. The molecule has 138 valence electrons. The van der Waals surface area contributed by atoms with Gasteiger partial charge in [-0.25, -0.2) is 0 Å². The number of hydrogen-bond donors (Lipinski definition) is 0. The van der Waals surface area contributed by atoms with Gasteiger partial charge in [-0.1, -0.05) is 86.7 Å². The maximum Gasteiger partial charge on any atom is 0.0540 e. The molecule has 0 saturated carbocycles. The molecule has 4 rings (SSSR count). The van der Waals surface area contributed by atoms with E-state index in [1.54, 1.807) is 0 Å². The van der Waals surface area contributed by atoms with Crippen molar-refractivity contribution in [1.29, 1.82) is 0 Å². The summed E-state index contributed by atoms with van der Waals surface area (Å²) >= 11 is 0. The maximum atomic E-state index is 3.94. The Hall–Kier alpha value is -3.32. The highest BCUT2D eigenvalue weighted by molar-refractivity contribution is 5.98. The van der Waals surface area contributed by atoms with Gasteiger partial charge in [-0.3, -0.25) is 0 Å². The fraction of sp³-hybridized carbons (Fsp3) is 0.111. The van der Waals surface area contributed by atoms with E-state index in [0.29, 0.717) is 0 Å². The number of anilines is 3. The van der Waals surface area contributed by atoms with Crippen LogP contribution in [-0.2, 0) is 6.42 Å². The molecular formula is C27H25N. The van der Waals surface area contributed by atoms with E-state index in [-0.39, 0.29) is 0 Å². The van der Waals surface area contributed by atoms with Crippen LogP contribution in [0.4, 0.5) is 17.1 Å². The molecule has 0 aliphatic rings. The Bertz CT molecular complexity index is 1090. The largest absolute Gasteiger partial charge is 0.310 e. The molecular weight excluding hydrogens is 338 g/mol. The van der Waals surface area contributed by atoms with Gasteiger partial charge in [-0.2, -0.15) is 0 Å². The van der Waals surface area contributed by atoms with E-state index in [1.807, 2.05) is 6.08 Å². The van der Waals surface area contributed by atoms with Gasteiger partial charge in [-0.05, 0) is 53.3 Å². The molecule has 0 heterocycles. The first-order chi connectivity index (χ1) is 13.8. The Morgan fingerprint density at radius 3 is 2.32 bits per heavy atom. The molecule has 0 spiro atoms. The van der Waals surface area contributed by atoms with E-state index in [1.165, 1.54) is 22.0 Å². The maximum absolute atomic E-state index is 3.94. The fourth-order valence-electron chi connectivity index (χ4n) is 3.72. The molecule has 0 aromatic heterocycles. The predicted octanol–water partition coefficient (Wildman–Crippen LogP) is 7.91. The van der Waals surface area contributed by atoms with Crippen LogP contribution in [0, 0.1) is 0 Å². The fourth-order valence-corrected chi connectivity index (χ4v) is 3.72. The lowest BCUT2D eigenvalue weighted by molar-refractivity contribution is 0.922. The zero-order chi connectivity index (χ0) is 19.3. The summed E-state index contributed by atoms with van der Waals surface area (Å²) in [7, 11) is 0. The molecule has 0 aliphatic carbocycles. The highest BCUT2D eigenvalue weighted by atomic mass is 15.1. The summed E-state index contributed by atoms with van der Waals surface area (Å²) in [6, 6.07) is 32.5. The lowest BCUT2D eigenvalue weighted by Gasteiger charge is -2.27. The van der Waals surface area contributed by atoms with Crippen molar-refractivity contribution in [3.8, 4) is 0 Å². The minimum Gasteiger partial charge on any atom is -0.310 e. The third kappa shape index (κ3) is 3.57. The Morgan fingerprint density at radius 1 is 0.786 bits per heavy atom. The monoisotopic (exact) mass is 363 g/mol. The number of rotatable bonds is 6. The second-order valence-electron chi connectivity index (χ2n) is 7.05. The molecule has 0 bridgehead atoms. The number of hydrogen-bond acceptors (Lipinski definition) is 1. The Kier molecular flexibility index (Phi) is 5.25. The second kappa shape index (κ2) is 8.14. The summed E-state index contributed by atoms with van der Waals surface area (Å²) in [6.07, 6.45) is 4.17. The van der Waals surface area contributed by atoms with Gasteiger partial charge in [0.25, 0.3) is 0 Å². The zero-order valence-corrected chi connectivity index (χ0v) is 16.3. The average Bonchev–Trinajstić information content (AvgIpc) is 2.76. The van der Waals surface area contributed by atoms with Crippen LogP contribution in [0.15, 0.2) is 97.6 Å². The van der Waals surface area contributed by atoms with E-state index in [2.05, 4.69) is 109 Å². The summed E-state index contributed by atoms with van der Waals surface area (Å²) in [4.78, 5) is 2.34. The van der Waals surface area contributed by atoms with Crippen molar-refractivity contribution in [1.82, 2.24) is 0 Å². The van der Waals surface area contributed by atoms with Gasteiger partial charge in [0.05, 0.1) is 5.69 Å². The molecule has 4 aromatic carbocycles. The van der Waals surface area contributed by atoms with Crippen molar-refractivity contribution in [2.75, 3.05) is 4.90 Å². The number of benzene rings is 4.